The summed E-state index contributed by atoms with van der Waals surface area (Å²) < 4.78 is 0. The maximum atomic E-state index is 11.8. The zero-order valence-electron chi connectivity index (χ0n) is 10.5. The maximum absolute atomic E-state index is 11.8. The normalized spacial score (nSPS) is 17.5. The number of carbonyl (C=O) groups is 2. The molecule has 3 N–H and O–H groups in total. The molecule has 2 rings (SSSR count). The molecule has 19 heavy (non-hydrogen) atoms. The quantitative estimate of drug-likeness (QED) is 0.717. The number of hydrogen-bond acceptors (Lipinski definition) is 3. The smallest absolute Gasteiger partial charge is 0.326 e. The van der Waals surface area contributed by atoms with Crippen molar-refractivity contribution in [3.05, 3.63) is 35.9 Å². The van der Waals surface area contributed by atoms with Crippen molar-refractivity contribution in [3.63, 3.8) is 0 Å². The van der Waals surface area contributed by atoms with Crippen LogP contribution >= 0.6 is 0 Å². The molecule has 1 amide bonds. The highest BCUT2D eigenvalue weighted by molar-refractivity contribution is 5.86. The number of aliphatic carboxylic acids is 1. The molecule has 1 aromatic rings. The van der Waals surface area contributed by atoms with E-state index in [0.717, 1.165) is 12.8 Å². The highest BCUT2D eigenvalue weighted by atomic mass is 16.4. The number of carboxylic acids is 1. The number of aliphatic hydroxyl groups is 1. The lowest BCUT2D eigenvalue weighted by Crippen LogP contribution is -2.43. The molecule has 5 nitrogen and oxygen atoms in total. The molecule has 0 bridgehead atoms. The highest BCUT2D eigenvalue weighted by Gasteiger charge is 2.31. The second-order valence-corrected chi connectivity index (χ2v) is 4.89. The fourth-order valence-electron chi connectivity index (χ4n) is 1.95. The zero-order chi connectivity index (χ0) is 13.8. The molecule has 0 radical (unpaired) electrons. The van der Waals surface area contributed by atoms with Gasteiger partial charge in [-0.15, -0.1) is 0 Å². The van der Waals surface area contributed by atoms with Gasteiger partial charge < -0.3 is 15.5 Å². The summed E-state index contributed by atoms with van der Waals surface area (Å²) in [5.74, 6) is -1.34. The van der Waals surface area contributed by atoms with Crippen LogP contribution in [0.5, 0.6) is 0 Å². The summed E-state index contributed by atoms with van der Waals surface area (Å²) >= 11 is 0. The molecule has 5 heteroatoms. The molecule has 102 valence electrons. The van der Waals surface area contributed by atoms with Crippen molar-refractivity contribution in [3.8, 4) is 0 Å². The number of hydrogen-bond donors (Lipinski definition) is 3. The van der Waals surface area contributed by atoms with Crippen molar-refractivity contribution in [1.29, 1.82) is 0 Å². The molecular formula is C14H17NO4. The molecule has 0 heterocycles. The van der Waals surface area contributed by atoms with Gasteiger partial charge in [0, 0.05) is 0 Å². The van der Waals surface area contributed by atoms with Gasteiger partial charge in [-0.2, -0.15) is 0 Å². The van der Waals surface area contributed by atoms with Crippen molar-refractivity contribution in [2.75, 3.05) is 0 Å². The van der Waals surface area contributed by atoms with E-state index >= 15 is 0 Å². The van der Waals surface area contributed by atoms with Gasteiger partial charge in [-0.25, -0.2) is 4.79 Å². The minimum atomic E-state index is -1.33. The third kappa shape index (κ3) is 3.79. The number of benzene rings is 1. The van der Waals surface area contributed by atoms with Gasteiger partial charge in [0.1, 0.15) is 6.04 Å². The van der Waals surface area contributed by atoms with Crippen LogP contribution in [0.4, 0.5) is 0 Å². The van der Waals surface area contributed by atoms with Crippen LogP contribution in [0.1, 0.15) is 30.9 Å². The van der Waals surface area contributed by atoms with E-state index in [9.17, 15) is 14.7 Å². The van der Waals surface area contributed by atoms with Crippen molar-refractivity contribution >= 4 is 11.9 Å². The number of rotatable bonds is 6. The van der Waals surface area contributed by atoms with Gasteiger partial charge in [0.05, 0.1) is 0 Å². The van der Waals surface area contributed by atoms with Crippen LogP contribution in [-0.4, -0.2) is 28.1 Å². The molecule has 0 unspecified atom stereocenters. The number of aliphatic hydroxyl groups excluding tert-OH is 1. The van der Waals surface area contributed by atoms with E-state index in [1.54, 1.807) is 30.3 Å². The summed E-state index contributed by atoms with van der Waals surface area (Å²) in [4.78, 5) is 22.9. The maximum Gasteiger partial charge on any atom is 0.326 e. The third-order valence-electron chi connectivity index (χ3n) is 3.24. The summed E-state index contributed by atoms with van der Waals surface area (Å²) in [5.41, 5.74) is 0.454. The Labute approximate surface area is 111 Å². The molecule has 1 fully saturated rings. The molecule has 0 spiro atoms. The van der Waals surface area contributed by atoms with E-state index in [4.69, 9.17) is 5.11 Å². The molecular weight excluding hydrogens is 246 g/mol. The number of carbonyl (C=O) groups excluding carboxylic acids is 1. The first kappa shape index (κ1) is 13.5. The molecule has 0 aliphatic heterocycles. The average Bonchev–Trinajstić information content (AvgIpc) is 3.22. The van der Waals surface area contributed by atoms with Gasteiger partial charge in [-0.1, -0.05) is 43.2 Å². The van der Waals surface area contributed by atoms with Crippen molar-refractivity contribution in [1.82, 2.24) is 5.32 Å². The SMILES string of the molecule is O=C(O)[C@H](CC1CC1)NC(=O)[C@@H](O)c1ccccc1. The van der Waals surface area contributed by atoms with E-state index in [1.165, 1.54) is 0 Å². The van der Waals surface area contributed by atoms with E-state index in [0.29, 0.717) is 17.9 Å². The summed E-state index contributed by atoms with van der Waals surface area (Å²) in [6, 6.07) is 7.54. The minimum absolute atomic E-state index is 0.385. The van der Waals surface area contributed by atoms with Crippen LogP contribution in [0.2, 0.25) is 0 Å². The molecule has 0 aromatic heterocycles. The lowest BCUT2D eigenvalue weighted by molar-refractivity contribution is -0.143. The van der Waals surface area contributed by atoms with Crippen LogP contribution in [0.3, 0.4) is 0 Å². The highest BCUT2D eigenvalue weighted by Crippen LogP contribution is 2.33. The minimum Gasteiger partial charge on any atom is -0.480 e. The van der Waals surface area contributed by atoms with E-state index in [-0.39, 0.29) is 0 Å². The molecule has 1 aromatic carbocycles. The van der Waals surface area contributed by atoms with Crippen LogP contribution < -0.4 is 5.32 Å². The average molecular weight is 263 g/mol. The lowest BCUT2D eigenvalue weighted by atomic mass is 10.1. The number of nitrogens with one attached hydrogen (secondary N) is 1. The van der Waals surface area contributed by atoms with Gasteiger partial charge in [0.15, 0.2) is 6.10 Å². The monoisotopic (exact) mass is 263 g/mol. The Hall–Kier alpha value is -1.88. The van der Waals surface area contributed by atoms with Crippen LogP contribution in [0.25, 0.3) is 0 Å². The second kappa shape index (κ2) is 5.84. The van der Waals surface area contributed by atoms with Crippen molar-refractivity contribution in [2.24, 2.45) is 5.92 Å². The van der Waals surface area contributed by atoms with Gasteiger partial charge in [-0.3, -0.25) is 4.79 Å². The van der Waals surface area contributed by atoms with E-state index in [1.807, 2.05) is 0 Å². The number of amides is 1. The van der Waals surface area contributed by atoms with E-state index in [2.05, 4.69) is 5.32 Å². The van der Waals surface area contributed by atoms with Crippen molar-refractivity contribution in [2.45, 2.75) is 31.4 Å². The molecule has 1 aliphatic carbocycles. The first-order valence-corrected chi connectivity index (χ1v) is 6.34. The van der Waals surface area contributed by atoms with Gasteiger partial charge >= 0.3 is 5.97 Å². The fourth-order valence-corrected chi connectivity index (χ4v) is 1.95. The Kier molecular flexibility index (Phi) is 4.16. The first-order chi connectivity index (χ1) is 9.08. The molecule has 0 saturated heterocycles. The second-order valence-electron chi connectivity index (χ2n) is 4.89. The third-order valence-corrected chi connectivity index (χ3v) is 3.24. The molecule has 1 saturated carbocycles. The predicted octanol–water partition coefficient (Wildman–Crippen LogP) is 1.09. The van der Waals surface area contributed by atoms with Crippen LogP contribution in [0.15, 0.2) is 30.3 Å². The topological polar surface area (TPSA) is 86.6 Å². The largest absolute Gasteiger partial charge is 0.480 e. The molecule has 2 atom stereocenters. The standard InChI is InChI=1S/C14H17NO4/c16-12(10-4-2-1-3-5-10)13(17)15-11(14(18)19)8-9-6-7-9/h1-5,9,11-12,16H,6-8H2,(H,15,17)(H,18,19)/t11-,12-/m0/s1. The Morgan fingerprint density at radius 1 is 1.26 bits per heavy atom. The zero-order valence-corrected chi connectivity index (χ0v) is 10.5. The van der Waals surface area contributed by atoms with Gasteiger partial charge in [0.2, 0.25) is 0 Å². The predicted molar refractivity (Wildman–Crippen MR) is 68.3 cm³/mol. The molecule has 1 aliphatic rings. The number of carboxylic acid groups (broad SMARTS) is 1. The van der Waals surface area contributed by atoms with Crippen LogP contribution in [-0.2, 0) is 9.59 Å². The summed E-state index contributed by atoms with van der Waals surface area (Å²) in [6.07, 6.45) is 1.13. The Morgan fingerprint density at radius 2 is 1.89 bits per heavy atom. The fraction of sp³-hybridized carbons (Fsp3) is 0.429. The Bertz CT molecular complexity index is 456. The van der Waals surface area contributed by atoms with Crippen molar-refractivity contribution < 1.29 is 19.8 Å². The van der Waals surface area contributed by atoms with Crippen LogP contribution in [0, 0.1) is 5.92 Å². The van der Waals surface area contributed by atoms with E-state index < -0.39 is 24.0 Å². The van der Waals surface area contributed by atoms with Gasteiger partial charge in [0.25, 0.3) is 5.91 Å². The van der Waals surface area contributed by atoms with Gasteiger partial charge in [-0.05, 0) is 17.9 Å². The lowest BCUT2D eigenvalue weighted by Gasteiger charge is -2.17. The summed E-state index contributed by atoms with van der Waals surface area (Å²) in [7, 11) is 0. The Morgan fingerprint density at radius 3 is 2.42 bits per heavy atom. The Balaban J connectivity index is 1.96. The summed E-state index contributed by atoms with van der Waals surface area (Å²) in [5, 5.41) is 21.3. The summed E-state index contributed by atoms with van der Waals surface area (Å²) in [6.45, 7) is 0. The first-order valence-electron chi connectivity index (χ1n) is 6.34.